The number of hydrogen-bond acceptors (Lipinski definition) is 3. The normalized spacial score (nSPS) is 15.4. The SMILES string of the molecule is CC(Cc1ccccc1Cl)(C[C@H](N)O)c1ccccc1O. The number of aromatic hydroxyl groups is 1. The van der Waals surface area contributed by atoms with E-state index in [1.54, 1.807) is 12.1 Å². The molecule has 0 aromatic heterocycles. The van der Waals surface area contributed by atoms with E-state index in [1.165, 1.54) is 0 Å². The number of aliphatic hydroxyl groups excluding tert-OH is 1. The lowest BCUT2D eigenvalue weighted by Gasteiger charge is -2.32. The highest BCUT2D eigenvalue weighted by atomic mass is 35.5. The number of hydrogen-bond donors (Lipinski definition) is 3. The van der Waals surface area contributed by atoms with Crippen molar-refractivity contribution in [3.8, 4) is 5.75 Å². The molecule has 0 fully saturated rings. The molecule has 2 aromatic carbocycles. The lowest BCUT2D eigenvalue weighted by atomic mass is 9.74. The summed E-state index contributed by atoms with van der Waals surface area (Å²) in [5.41, 5.74) is 6.81. The van der Waals surface area contributed by atoms with Crippen molar-refractivity contribution in [3.63, 3.8) is 0 Å². The number of nitrogens with two attached hydrogens (primary N) is 1. The fourth-order valence-electron chi connectivity index (χ4n) is 2.79. The molecule has 0 bridgehead atoms. The van der Waals surface area contributed by atoms with Gasteiger partial charge in [0.05, 0.1) is 0 Å². The Balaban J connectivity index is 2.43. The maximum atomic E-state index is 10.2. The quantitative estimate of drug-likeness (QED) is 0.743. The molecule has 112 valence electrons. The van der Waals surface area contributed by atoms with Crippen LogP contribution in [0.3, 0.4) is 0 Å². The van der Waals surface area contributed by atoms with Crippen molar-refractivity contribution in [2.24, 2.45) is 5.73 Å². The third kappa shape index (κ3) is 3.76. The summed E-state index contributed by atoms with van der Waals surface area (Å²) in [6.45, 7) is 1.97. The Hall–Kier alpha value is -1.55. The molecule has 0 saturated heterocycles. The first-order valence-corrected chi connectivity index (χ1v) is 7.26. The molecule has 0 saturated carbocycles. The molecule has 21 heavy (non-hydrogen) atoms. The number of phenols is 1. The number of para-hydroxylation sites is 1. The van der Waals surface area contributed by atoms with Crippen LogP contribution in [-0.4, -0.2) is 16.4 Å². The van der Waals surface area contributed by atoms with Crippen LogP contribution in [-0.2, 0) is 11.8 Å². The van der Waals surface area contributed by atoms with E-state index in [4.69, 9.17) is 17.3 Å². The van der Waals surface area contributed by atoms with Gasteiger partial charge in [-0.2, -0.15) is 0 Å². The van der Waals surface area contributed by atoms with Gasteiger partial charge in [-0.1, -0.05) is 54.9 Å². The van der Waals surface area contributed by atoms with Crippen molar-refractivity contribution in [2.45, 2.75) is 31.4 Å². The van der Waals surface area contributed by atoms with E-state index in [-0.39, 0.29) is 5.75 Å². The minimum atomic E-state index is -0.961. The number of halogens is 1. The third-order valence-corrected chi connectivity index (χ3v) is 4.12. The zero-order valence-electron chi connectivity index (χ0n) is 12.0. The predicted molar refractivity (Wildman–Crippen MR) is 85.4 cm³/mol. The first-order valence-electron chi connectivity index (χ1n) is 6.88. The lowest BCUT2D eigenvalue weighted by Crippen LogP contribution is -2.34. The van der Waals surface area contributed by atoms with Crippen LogP contribution in [0.15, 0.2) is 48.5 Å². The molecule has 2 rings (SSSR count). The molecule has 0 heterocycles. The Bertz CT molecular complexity index is 615. The van der Waals surface area contributed by atoms with Gasteiger partial charge < -0.3 is 15.9 Å². The second-order valence-corrected chi connectivity index (χ2v) is 6.02. The standard InChI is InChI=1S/C17H20ClNO2/c1-17(11-16(19)21,13-7-3-5-9-15(13)20)10-12-6-2-4-8-14(12)18/h2-9,16,20-21H,10-11,19H2,1H3/t16-,17?/m1/s1. The molecule has 0 radical (unpaired) electrons. The highest BCUT2D eigenvalue weighted by Gasteiger charge is 2.31. The second-order valence-electron chi connectivity index (χ2n) is 5.62. The van der Waals surface area contributed by atoms with E-state index in [0.29, 0.717) is 17.9 Å². The van der Waals surface area contributed by atoms with Gasteiger partial charge in [0.15, 0.2) is 0 Å². The van der Waals surface area contributed by atoms with Gasteiger partial charge in [-0.25, -0.2) is 0 Å². The van der Waals surface area contributed by atoms with Gasteiger partial charge >= 0.3 is 0 Å². The van der Waals surface area contributed by atoms with Crippen LogP contribution in [0.4, 0.5) is 0 Å². The van der Waals surface area contributed by atoms with Gasteiger partial charge in [-0.05, 0) is 30.5 Å². The number of aliphatic hydroxyl groups is 1. The molecule has 1 unspecified atom stereocenters. The van der Waals surface area contributed by atoms with Crippen LogP contribution in [0.5, 0.6) is 5.75 Å². The summed E-state index contributed by atoms with van der Waals surface area (Å²) in [6, 6.07) is 14.7. The summed E-state index contributed by atoms with van der Waals surface area (Å²) < 4.78 is 0. The molecule has 2 atom stereocenters. The van der Waals surface area contributed by atoms with E-state index < -0.39 is 11.6 Å². The van der Waals surface area contributed by atoms with Crippen LogP contribution in [0, 0.1) is 0 Å². The smallest absolute Gasteiger partial charge is 0.119 e. The molecule has 2 aromatic rings. The predicted octanol–water partition coefficient (Wildman–Crippen LogP) is 3.21. The molecular weight excluding hydrogens is 286 g/mol. The van der Waals surface area contributed by atoms with E-state index in [1.807, 2.05) is 43.3 Å². The Morgan fingerprint density at radius 2 is 1.76 bits per heavy atom. The zero-order chi connectivity index (χ0) is 15.5. The number of benzene rings is 2. The maximum Gasteiger partial charge on any atom is 0.119 e. The van der Waals surface area contributed by atoms with Gasteiger partial charge in [0.1, 0.15) is 12.0 Å². The zero-order valence-corrected chi connectivity index (χ0v) is 12.7. The highest BCUT2D eigenvalue weighted by Crippen LogP contribution is 2.38. The van der Waals surface area contributed by atoms with E-state index >= 15 is 0 Å². The van der Waals surface area contributed by atoms with E-state index in [9.17, 15) is 10.2 Å². The second kappa shape index (κ2) is 6.48. The Morgan fingerprint density at radius 3 is 2.38 bits per heavy atom. The van der Waals surface area contributed by atoms with Crippen molar-refractivity contribution in [3.05, 3.63) is 64.7 Å². The van der Waals surface area contributed by atoms with Crippen LogP contribution in [0.2, 0.25) is 5.02 Å². The Kier molecular flexibility index (Phi) is 4.88. The lowest BCUT2D eigenvalue weighted by molar-refractivity contribution is 0.139. The molecule has 0 spiro atoms. The van der Waals surface area contributed by atoms with Gasteiger partial charge in [0.2, 0.25) is 0 Å². The molecular formula is C17H20ClNO2. The van der Waals surface area contributed by atoms with Crippen LogP contribution < -0.4 is 5.73 Å². The molecule has 3 nitrogen and oxygen atoms in total. The first-order chi connectivity index (χ1) is 9.92. The molecule has 0 aliphatic carbocycles. The fraction of sp³-hybridized carbons (Fsp3) is 0.294. The van der Waals surface area contributed by atoms with Gasteiger partial charge in [-0.3, -0.25) is 0 Å². The third-order valence-electron chi connectivity index (χ3n) is 3.75. The number of phenolic OH excluding ortho intramolecular Hbond substituents is 1. The molecule has 0 amide bonds. The Labute approximate surface area is 130 Å². The van der Waals surface area contributed by atoms with Crippen molar-refractivity contribution in [2.75, 3.05) is 0 Å². The minimum absolute atomic E-state index is 0.202. The van der Waals surface area contributed by atoms with Crippen molar-refractivity contribution < 1.29 is 10.2 Å². The summed E-state index contributed by atoms with van der Waals surface area (Å²) in [4.78, 5) is 0. The molecule has 0 aliphatic rings. The van der Waals surface area contributed by atoms with Crippen molar-refractivity contribution in [1.29, 1.82) is 0 Å². The van der Waals surface area contributed by atoms with Crippen LogP contribution >= 0.6 is 11.6 Å². The minimum Gasteiger partial charge on any atom is -0.508 e. The maximum absolute atomic E-state index is 10.2. The average molecular weight is 306 g/mol. The number of rotatable bonds is 5. The summed E-state index contributed by atoms with van der Waals surface area (Å²) in [7, 11) is 0. The highest BCUT2D eigenvalue weighted by molar-refractivity contribution is 6.31. The van der Waals surface area contributed by atoms with Crippen LogP contribution in [0.1, 0.15) is 24.5 Å². The van der Waals surface area contributed by atoms with Gasteiger partial charge in [0.25, 0.3) is 0 Å². The van der Waals surface area contributed by atoms with Gasteiger partial charge in [0, 0.05) is 16.0 Å². The topological polar surface area (TPSA) is 66.5 Å². The van der Waals surface area contributed by atoms with Gasteiger partial charge in [-0.15, -0.1) is 0 Å². The first kappa shape index (κ1) is 15.8. The molecule has 4 heteroatoms. The Morgan fingerprint density at radius 1 is 1.14 bits per heavy atom. The molecule has 0 aliphatic heterocycles. The molecule has 4 N–H and O–H groups in total. The largest absolute Gasteiger partial charge is 0.508 e. The summed E-state index contributed by atoms with van der Waals surface area (Å²) in [5, 5.41) is 20.5. The average Bonchev–Trinajstić information content (AvgIpc) is 2.41. The summed E-state index contributed by atoms with van der Waals surface area (Å²) >= 11 is 6.24. The fourth-order valence-corrected chi connectivity index (χ4v) is 2.99. The van der Waals surface area contributed by atoms with E-state index in [0.717, 1.165) is 11.1 Å². The summed E-state index contributed by atoms with van der Waals surface area (Å²) in [5.74, 6) is 0.202. The summed E-state index contributed by atoms with van der Waals surface area (Å²) in [6.07, 6.45) is -0.0500. The van der Waals surface area contributed by atoms with E-state index in [2.05, 4.69) is 0 Å². The van der Waals surface area contributed by atoms with Crippen LogP contribution in [0.25, 0.3) is 0 Å². The van der Waals surface area contributed by atoms with Crippen molar-refractivity contribution in [1.82, 2.24) is 0 Å². The monoisotopic (exact) mass is 305 g/mol. The van der Waals surface area contributed by atoms with Crippen molar-refractivity contribution >= 4 is 11.6 Å².